The number of fused-ring (bicyclic) bond motifs is 4. The second-order valence-electron chi connectivity index (χ2n) is 8.11. The lowest BCUT2D eigenvalue weighted by atomic mass is 9.83. The minimum absolute atomic E-state index is 0.0227. The molecule has 0 aliphatic carbocycles. The summed E-state index contributed by atoms with van der Waals surface area (Å²) in [5.41, 5.74) is 2.17. The van der Waals surface area contributed by atoms with Gasteiger partial charge in [0.25, 0.3) is 5.56 Å². The van der Waals surface area contributed by atoms with Crippen LogP contribution in [0.4, 0.5) is 0 Å². The minimum Gasteiger partial charge on any atom is -0.352 e. The second kappa shape index (κ2) is 8.64. The van der Waals surface area contributed by atoms with Crippen LogP contribution in [-0.4, -0.2) is 34.4 Å². The number of carbonyl (C=O) groups excluding carboxylic acids is 2. The van der Waals surface area contributed by atoms with Crippen molar-refractivity contribution in [3.63, 3.8) is 0 Å². The van der Waals surface area contributed by atoms with Gasteiger partial charge in [-0.2, -0.15) is 0 Å². The van der Waals surface area contributed by atoms with Gasteiger partial charge >= 0.3 is 0 Å². The topological polar surface area (TPSA) is 71.4 Å². The summed E-state index contributed by atoms with van der Waals surface area (Å²) in [5.74, 6) is 0.654. The Morgan fingerprint density at radius 1 is 0.966 bits per heavy atom. The fourth-order valence-corrected chi connectivity index (χ4v) is 4.54. The van der Waals surface area contributed by atoms with Gasteiger partial charge in [0, 0.05) is 56.7 Å². The molecule has 0 saturated carbocycles. The largest absolute Gasteiger partial charge is 0.352 e. The molecule has 4 rings (SSSR count). The van der Waals surface area contributed by atoms with Crippen LogP contribution in [0.15, 0.2) is 53.3 Å². The van der Waals surface area contributed by atoms with Crippen molar-refractivity contribution in [3.05, 3.63) is 70.1 Å². The smallest absolute Gasteiger partial charge is 0.250 e. The van der Waals surface area contributed by atoms with Gasteiger partial charge in [0.2, 0.25) is 11.8 Å². The predicted octanol–water partition coefficient (Wildman–Crippen LogP) is 2.28. The van der Waals surface area contributed by atoms with E-state index in [9.17, 15) is 14.4 Å². The highest BCUT2D eigenvalue weighted by atomic mass is 16.2. The molecule has 0 spiro atoms. The number of carbonyl (C=O) groups is 2. The molecule has 152 valence electrons. The van der Waals surface area contributed by atoms with Crippen molar-refractivity contribution < 1.29 is 9.59 Å². The quantitative estimate of drug-likeness (QED) is 0.819. The molecule has 6 heteroatoms. The molecular weight excluding hydrogens is 366 g/mol. The van der Waals surface area contributed by atoms with Crippen molar-refractivity contribution in [1.82, 2.24) is 14.8 Å². The summed E-state index contributed by atoms with van der Waals surface area (Å²) in [6, 6.07) is 15.2. The lowest BCUT2D eigenvalue weighted by molar-refractivity contribution is -0.134. The number of benzene rings is 1. The zero-order valence-corrected chi connectivity index (χ0v) is 16.5. The third kappa shape index (κ3) is 4.58. The van der Waals surface area contributed by atoms with Crippen molar-refractivity contribution in [2.45, 2.75) is 44.7 Å². The summed E-state index contributed by atoms with van der Waals surface area (Å²) in [5, 5.41) is 2.90. The third-order valence-electron chi connectivity index (χ3n) is 5.96. The zero-order chi connectivity index (χ0) is 20.2. The summed E-state index contributed by atoms with van der Waals surface area (Å²) in [6.07, 6.45) is 2.34. The van der Waals surface area contributed by atoms with Crippen LogP contribution in [0.5, 0.6) is 0 Å². The Bertz CT molecular complexity index is 938. The summed E-state index contributed by atoms with van der Waals surface area (Å²) in [7, 11) is 0. The number of pyridine rings is 1. The molecule has 1 N–H and O–H groups in total. The molecule has 1 aromatic heterocycles. The molecule has 3 heterocycles. The Hall–Kier alpha value is -2.89. The number of nitrogens with zero attached hydrogens (tertiary/aromatic N) is 2. The van der Waals surface area contributed by atoms with Crippen molar-refractivity contribution in [3.8, 4) is 0 Å². The predicted molar refractivity (Wildman–Crippen MR) is 110 cm³/mol. The number of likely N-dealkylation sites (tertiary alicyclic amines) is 1. The van der Waals surface area contributed by atoms with Crippen molar-refractivity contribution in [2.24, 2.45) is 5.92 Å². The normalized spacial score (nSPS) is 20.1. The average molecular weight is 393 g/mol. The van der Waals surface area contributed by atoms with Crippen LogP contribution < -0.4 is 10.9 Å². The molecule has 2 aromatic rings. The van der Waals surface area contributed by atoms with Gasteiger partial charge in [0.05, 0.1) is 0 Å². The number of nitrogens with one attached hydrogen (secondary N) is 1. The number of amides is 2. The van der Waals surface area contributed by atoms with Gasteiger partial charge in [0.1, 0.15) is 0 Å². The highest BCUT2D eigenvalue weighted by Crippen LogP contribution is 2.35. The van der Waals surface area contributed by atoms with E-state index in [2.05, 4.69) is 5.32 Å². The van der Waals surface area contributed by atoms with Crippen LogP contribution in [-0.2, 0) is 22.7 Å². The van der Waals surface area contributed by atoms with E-state index in [-0.39, 0.29) is 23.3 Å². The van der Waals surface area contributed by atoms with Gasteiger partial charge in [-0.3, -0.25) is 14.4 Å². The van der Waals surface area contributed by atoms with Gasteiger partial charge in [-0.25, -0.2) is 0 Å². The first-order valence-electron chi connectivity index (χ1n) is 10.4. The number of rotatable bonds is 6. The third-order valence-corrected chi connectivity index (χ3v) is 5.96. The van der Waals surface area contributed by atoms with Gasteiger partial charge < -0.3 is 14.8 Å². The van der Waals surface area contributed by atoms with E-state index >= 15 is 0 Å². The molecule has 1 fully saturated rings. The van der Waals surface area contributed by atoms with E-state index in [4.69, 9.17) is 0 Å². The SMILES string of the molecule is O=C(CCCC(=O)N1C[C@H]2C[C@@H](C1)c1cccc(=O)n1C2)NCc1ccccc1. The Morgan fingerprint density at radius 2 is 1.79 bits per heavy atom. The van der Waals surface area contributed by atoms with E-state index < -0.39 is 0 Å². The molecule has 0 unspecified atom stereocenters. The van der Waals surface area contributed by atoms with Crippen LogP contribution in [0.2, 0.25) is 0 Å². The Balaban J connectivity index is 1.25. The van der Waals surface area contributed by atoms with Crippen LogP contribution in [0.1, 0.15) is 42.9 Å². The van der Waals surface area contributed by atoms with E-state index in [0.29, 0.717) is 51.4 Å². The molecule has 29 heavy (non-hydrogen) atoms. The highest BCUT2D eigenvalue weighted by Gasteiger charge is 2.35. The molecule has 2 aliphatic heterocycles. The molecule has 2 amide bonds. The molecule has 0 radical (unpaired) electrons. The maximum Gasteiger partial charge on any atom is 0.250 e. The summed E-state index contributed by atoms with van der Waals surface area (Å²) < 4.78 is 1.87. The second-order valence-corrected chi connectivity index (χ2v) is 8.11. The van der Waals surface area contributed by atoms with E-state index in [1.807, 2.05) is 51.9 Å². The van der Waals surface area contributed by atoms with Gasteiger partial charge in [-0.1, -0.05) is 36.4 Å². The highest BCUT2D eigenvalue weighted by molar-refractivity contribution is 5.79. The zero-order valence-electron chi connectivity index (χ0n) is 16.5. The molecular formula is C23H27N3O3. The molecule has 1 saturated heterocycles. The van der Waals surface area contributed by atoms with E-state index in [0.717, 1.165) is 17.7 Å². The first-order valence-corrected chi connectivity index (χ1v) is 10.4. The van der Waals surface area contributed by atoms with Crippen LogP contribution in [0.25, 0.3) is 0 Å². The van der Waals surface area contributed by atoms with Crippen molar-refractivity contribution >= 4 is 11.8 Å². The summed E-state index contributed by atoms with van der Waals surface area (Å²) in [4.78, 5) is 38.8. The minimum atomic E-state index is -0.0227. The fourth-order valence-electron chi connectivity index (χ4n) is 4.54. The van der Waals surface area contributed by atoms with Crippen LogP contribution >= 0.6 is 0 Å². The van der Waals surface area contributed by atoms with Crippen molar-refractivity contribution in [1.29, 1.82) is 0 Å². The monoisotopic (exact) mass is 393 g/mol. The lowest BCUT2D eigenvalue weighted by Crippen LogP contribution is -2.49. The molecule has 1 aromatic carbocycles. The number of hydrogen-bond acceptors (Lipinski definition) is 3. The lowest BCUT2D eigenvalue weighted by Gasteiger charge is -2.42. The number of aromatic nitrogens is 1. The molecule has 2 atom stereocenters. The number of hydrogen-bond donors (Lipinski definition) is 1. The van der Waals surface area contributed by atoms with Crippen LogP contribution in [0, 0.1) is 5.92 Å². The summed E-state index contributed by atoms with van der Waals surface area (Å²) >= 11 is 0. The summed E-state index contributed by atoms with van der Waals surface area (Å²) in [6.45, 7) is 2.58. The Kier molecular flexibility index (Phi) is 5.79. The average Bonchev–Trinajstić information content (AvgIpc) is 2.73. The van der Waals surface area contributed by atoms with E-state index in [1.54, 1.807) is 6.07 Å². The number of piperidine rings is 1. The standard InChI is InChI=1S/C23H27N3O3/c27-21(24-13-17-6-2-1-3-7-17)9-5-10-22(28)25-14-18-12-19(16-25)20-8-4-11-23(29)26(20)15-18/h1-4,6-8,11,18-19H,5,9-10,12-16H2,(H,24,27)/t18-,19+/m1/s1. The fraction of sp³-hybridized carbons (Fsp3) is 0.435. The Morgan fingerprint density at radius 3 is 2.62 bits per heavy atom. The first-order chi connectivity index (χ1) is 14.1. The maximum atomic E-state index is 12.7. The molecule has 2 bridgehead atoms. The van der Waals surface area contributed by atoms with Gasteiger partial charge in [-0.15, -0.1) is 0 Å². The Labute approximate surface area is 170 Å². The van der Waals surface area contributed by atoms with Crippen LogP contribution in [0.3, 0.4) is 0 Å². The first kappa shape index (κ1) is 19.4. The van der Waals surface area contributed by atoms with Gasteiger partial charge in [0.15, 0.2) is 0 Å². The van der Waals surface area contributed by atoms with E-state index in [1.165, 1.54) is 0 Å². The van der Waals surface area contributed by atoms with Crippen molar-refractivity contribution in [2.75, 3.05) is 13.1 Å². The maximum absolute atomic E-state index is 12.7. The van der Waals surface area contributed by atoms with Gasteiger partial charge in [-0.05, 0) is 30.4 Å². The molecule has 2 aliphatic rings. The molecule has 6 nitrogen and oxygen atoms in total.